The molecule has 0 aliphatic heterocycles. The van der Waals surface area contributed by atoms with E-state index in [-0.39, 0.29) is 5.41 Å². The number of nitriles is 1. The molecule has 1 heterocycles. The minimum atomic E-state index is -0.182. The molecule has 1 fully saturated rings. The van der Waals surface area contributed by atoms with Crippen LogP contribution in [0.25, 0.3) is 0 Å². The molecule has 1 saturated carbocycles. The summed E-state index contributed by atoms with van der Waals surface area (Å²) in [6, 6.07) is 2.37. The number of rotatable bonds is 1. The van der Waals surface area contributed by atoms with E-state index >= 15 is 0 Å². The van der Waals surface area contributed by atoms with Crippen LogP contribution in [0.5, 0.6) is 0 Å². The average molecular weight is 161 g/mol. The molecule has 0 N–H and O–H groups in total. The van der Waals surface area contributed by atoms with Gasteiger partial charge >= 0.3 is 0 Å². The minimum Gasteiger partial charge on any atom is -0.275 e. The standard InChI is InChI=1S/C9H11N3/c1-7-8(5-12(2)11-7)9(6-10)3-4-9/h5H,3-4H2,1-2H3. The predicted molar refractivity (Wildman–Crippen MR) is 44.5 cm³/mol. The third-order valence-electron chi connectivity index (χ3n) is 2.49. The molecule has 0 atom stereocenters. The Morgan fingerprint density at radius 1 is 1.67 bits per heavy atom. The lowest BCUT2D eigenvalue weighted by atomic mass is 9.99. The third-order valence-corrected chi connectivity index (χ3v) is 2.49. The molecule has 0 aromatic carbocycles. The molecule has 3 nitrogen and oxygen atoms in total. The van der Waals surface area contributed by atoms with E-state index in [4.69, 9.17) is 5.26 Å². The van der Waals surface area contributed by atoms with Gasteiger partial charge in [0.25, 0.3) is 0 Å². The van der Waals surface area contributed by atoms with Crippen LogP contribution in [0.1, 0.15) is 24.1 Å². The zero-order valence-corrected chi connectivity index (χ0v) is 7.33. The molecule has 0 bridgehead atoms. The summed E-state index contributed by atoms with van der Waals surface area (Å²) in [5, 5.41) is 13.2. The summed E-state index contributed by atoms with van der Waals surface area (Å²) in [4.78, 5) is 0. The molecule has 62 valence electrons. The van der Waals surface area contributed by atoms with Crippen LogP contribution in [0.4, 0.5) is 0 Å². The van der Waals surface area contributed by atoms with Crippen LogP contribution in [0.3, 0.4) is 0 Å². The molecular formula is C9H11N3. The maximum atomic E-state index is 8.96. The molecule has 0 radical (unpaired) electrons. The second kappa shape index (κ2) is 2.10. The van der Waals surface area contributed by atoms with Gasteiger partial charge in [-0.1, -0.05) is 0 Å². The molecule has 0 amide bonds. The first-order chi connectivity index (χ1) is 5.68. The van der Waals surface area contributed by atoms with Crippen molar-refractivity contribution in [3.05, 3.63) is 17.5 Å². The van der Waals surface area contributed by atoms with E-state index in [0.29, 0.717) is 0 Å². The number of aromatic nitrogens is 2. The molecule has 1 aliphatic carbocycles. The number of nitrogens with zero attached hydrogens (tertiary/aromatic N) is 3. The van der Waals surface area contributed by atoms with Crippen molar-refractivity contribution < 1.29 is 0 Å². The van der Waals surface area contributed by atoms with E-state index in [2.05, 4.69) is 11.2 Å². The van der Waals surface area contributed by atoms with Crippen molar-refractivity contribution in [2.75, 3.05) is 0 Å². The topological polar surface area (TPSA) is 41.6 Å². The summed E-state index contributed by atoms with van der Waals surface area (Å²) in [6.45, 7) is 1.97. The van der Waals surface area contributed by atoms with Gasteiger partial charge in [0.05, 0.1) is 17.2 Å². The molecular weight excluding hydrogens is 150 g/mol. The molecule has 1 aromatic rings. The van der Waals surface area contributed by atoms with Gasteiger partial charge in [-0.05, 0) is 19.8 Å². The minimum absolute atomic E-state index is 0.182. The molecule has 0 saturated heterocycles. The van der Waals surface area contributed by atoms with Crippen LogP contribution in [-0.2, 0) is 12.5 Å². The van der Waals surface area contributed by atoms with Crippen LogP contribution < -0.4 is 0 Å². The summed E-state index contributed by atoms with van der Waals surface area (Å²) >= 11 is 0. The van der Waals surface area contributed by atoms with Gasteiger partial charge < -0.3 is 0 Å². The number of hydrogen-bond donors (Lipinski definition) is 0. The Morgan fingerprint density at radius 3 is 2.67 bits per heavy atom. The van der Waals surface area contributed by atoms with E-state index in [9.17, 15) is 0 Å². The lowest BCUT2D eigenvalue weighted by Crippen LogP contribution is -2.02. The van der Waals surface area contributed by atoms with E-state index < -0.39 is 0 Å². The van der Waals surface area contributed by atoms with Crippen molar-refractivity contribution in [1.29, 1.82) is 5.26 Å². The van der Waals surface area contributed by atoms with Gasteiger partial charge in [-0.15, -0.1) is 0 Å². The van der Waals surface area contributed by atoms with Gasteiger partial charge in [0.15, 0.2) is 0 Å². The first-order valence-electron chi connectivity index (χ1n) is 4.10. The van der Waals surface area contributed by atoms with Crippen molar-refractivity contribution in [2.24, 2.45) is 7.05 Å². The van der Waals surface area contributed by atoms with E-state index in [1.54, 1.807) is 4.68 Å². The Balaban J connectivity index is 2.48. The van der Waals surface area contributed by atoms with Gasteiger partial charge in [0.2, 0.25) is 0 Å². The fourth-order valence-corrected chi connectivity index (χ4v) is 1.64. The Kier molecular flexibility index (Phi) is 1.29. The highest BCUT2D eigenvalue weighted by molar-refractivity contribution is 5.39. The Labute approximate surface area is 71.6 Å². The maximum Gasteiger partial charge on any atom is 0.0856 e. The van der Waals surface area contributed by atoms with Crippen LogP contribution in [0.15, 0.2) is 6.20 Å². The smallest absolute Gasteiger partial charge is 0.0856 e. The molecule has 0 unspecified atom stereocenters. The second-order valence-corrected chi connectivity index (χ2v) is 3.50. The van der Waals surface area contributed by atoms with E-state index in [1.165, 1.54) is 0 Å². The lowest BCUT2D eigenvalue weighted by molar-refractivity contribution is 0.756. The van der Waals surface area contributed by atoms with Crippen molar-refractivity contribution in [1.82, 2.24) is 9.78 Å². The molecule has 1 aromatic heterocycles. The van der Waals surface area contributed by atoms with Gasteiger partial charge in [-0.3, -0.25) is 4.68 Å². The van der Waals surface area contributed by atoms with Crippen LogP contribution in [0.2, 0.25) is 0 Å². The van der Waals surface area contributed by atoms with Gasteiger partial charge in [0, 0.05) is 18.8 Å². The zero-order valence-electron chi connectivity index (χ0n) is 7.33. The van der Waals surface area contributed by atoms with Gasteiger partial charge in [0.1, 0.15) is 0 Å². The van der Waals surface area contributed by atoms with Crippen LogP contribution in [0, 0.1) is 18.3 Å². The Bertz CT molecular complexity index is 352. The van der Waals surface area contributed by atoms with E-state index in [0.717, 1.165) is 24.1 Å². The molecule has 0 spiro atoms. The zero-order chi connectivity index (χ0) is 8.77. The summed E-state index contributed by atoms with van der Waals surface area (Å²) in [5.41, 5.74) is 1.93. The second-order valence-electron chi connectivity index (χ2n) is 3.50. The number of aryl methyl sites for hydroxylation is 2. The predicted octanol–water partition coefficient (Wildman–Crippen LogP) is 1.28. The van der Waals surface area contributed by atoms with E-state index in [1.807, 2.05) is 20.2 Å². The molecule has 12 heavy (non-hydrogen) atoms. The van der Waals surface area contributed by atoms with Crippen molar-refractivity contribution in [3.8, 4) is 6.07 Å². The Morgan fingerprint density at radius 2 is 2.33 bits per heavy atom. The maximum absolute atomic E-state index is 8.96. The fraction of sp³-hybridized carbons (Fsp3) is 0.556. The largest absolute Gasteiger partial charge is 0.275 e. The van der Waals surface area contributed by atoms with Crippen molar-refractivity contribution >= 4 is 0 Å². The molecule has 2 rings (SSSR count). The monoisotopic (exact) mass is 161 g/mol. The average Bonchev–Trinajstić information content (AvgIpc) is 2.74. The first kappa shape index (κ1) is 7.35. The van der Waals surface area contributed by atoms with Gasteiger partial charge in [-0.2, -0.15) is 10.4 Å². The summed E-state index contributed by atoms with van der Waals surface area (Å²) < 4.78 is 1.78. The molecule has 1 aliphatic rings. The van der Waals surface area contributed by atoms with Crippen LogP contribution in [-0.4, -0.2) is 9.78 Å². The Hall–Kier alpha value is -1.30. The highest BCUT2D eigenvalue weighted by atomic mass is 15.2. The summed E-state index contributed by atoms with van der Waals surface area (Å²) in [7, 11) is 1.89. The summed E-state index contributed by atoms with van der Waals surface area (Å²) in [5.74, 6) is 0. The normalized spacial score (nSPS) is 18.8. The lowest BCUT2D eigenvalue weighted by Gasteiger charge is -2.00. The van der Waals surface area contributed by atoms with Crippen LogP contribution >= 0.6 is 0 Å². The fourth-order valence-electron chi connectivity index (χ4n) is 1.64. The van der Waals surface area contributed by atoms with Crippen molar-refractivity contribution in [3.63, 3.8) is 0 Å². The highest BCUT2D eigenvalue weighted by Crippen LogP contribution is 2.48. The highest BCUT2D eigenvalue weighted by Gasteiger charge is 2.46. The van der Waals surface area contributed by atoms with Crippen molar-refractivity contribution in [2.45, 2.75) is 25.2 Å². The first-order valence-corrected chi connectivity index (χ1v) is 4.10. The SMILES string of the molecule is Cc1nn(C)cc1C1(C#N)CC1. The molecule has 3 heteroatoms. The van der Waals surface area contributed by atoms with Gasteiger partial charge in [-0.25, -0.2) is 0 Å². The third kappa shape index (κ3) is 0.845. The number of hydrogen-bond acceptors (Lipinski definition) is 2. The summed E-state index contributed by atoms with van der Waals surface area (Å²) in [6.07, 6.45) is 3.96. The quantitative estimate of drug-likeness (QED) is 0.622.